The SMILES string of the molecule is O=C(NCc1ccco1)c1cc2sccc2n1Cc1ccc2c(c1)OCO2. The third-order valence-electron chi connectivity index (χ3n) is 4.54. The van der Waals surface area contributed by atoms with E-state index in [2.05, 4.69) is 5.32 Å². The Morgan fingerprint density at radius 3 is 2.96 bits per heavy atom. The molecule has 0 spiro atoms. The van der Waals surface area contributed by atoms with Crippen molar-refractivity contribution in [2.24, 2.45) is 0 Å². The summed E-state index contributed by atoms with van der Waals surface area (Å²) in [7, 11) is 0. The van der Waals surface area contributed by atoms with Crippen molar-refractivity contribution in [1.29, 1.82) is 0 Å². The van der Waals surface area contributed by atoms with Crippen molar-refractivity contribution in [2.75, 3.05) is 6.79 Å². The summed E-state index contributed by atoms with van der Waals surface area (Å²) in [5.74, 6) is 2.09. The van der Waals surface area contributed by atoms with Crippen LogP contribution in [0.3, 0.4) is 0 Å². The highest BCUT2D eigenvalue weighted by molar-refractivity contribution is 7.17. The summed E-state index contributed by atoms with van der Waals surface area (Å²) < 4.78 is 19.2. The molecule has 1 aromatic carbocycles. The maximum absolute atomic E-state index is 12.8. The standard InChI is InChI=1S/C20H16N2O4S/c23-20(21-10-14-2-1-6-24-14)16-9-19-15(5-7-27-19)22(16)11-13-3-4-17-18(8-13)26-12-25-17/h1-9H,10-12H2,(H,21,23). The van der Waals surface area contributed by atoms with Gasteiger partial charge in [0.2, 0.25) is 6.79 Å². The van der Waals surface area contributed by atoms with Crippen LogP contribution in [0.4, 0.5) is 0 Å². The highest BCUT2D eigenvalue weighted by Crippen LogP contribution is 2.33. The van der Waals surface area contributed by atoms with Crippen molar-refractivity contribution in [3.63, 3.8) is 0 Å². The molecule has 0 unspecified atom stereocenters. The molecule has 0 bridgehead atoms. The number of carbonyl (C=O) groups excluding carboxylic acids is 1. The Morgan fingerprint density at radius 1 is 1.15 bits per heavy atom. The maximum atomic E-state index is 12.8. The van der Waals surface area contributed by atoms with Crippen molar-refractivity contribution < 1.29 is 18.7 Å². The van der Waals surface area contributed by atoms with Crippen LogP contribution in [0.25, 0.3) is 10.2 Å². The van der Waals surface area contributed by atoms with Gasteiger partial charge in [-0.1, -0.05) is 6.07 Å². The van der Waals surface area contributed by atoms with E-state index in [1.54, 1.807) is 23.7 Å². The molecule has 4 heterocycles. The minimum atomic E-state index is -0.129. The molecule has 1 N–H and O–H groups in total. The van der Waals surface area contributed by atoms with Crippen LogP contribution in [-0.2, 0) is 13.1 Å². The molecule has 0 aliphatic carbocycles. The molecular weight excluding hydrogens is 364 g/mol. The zero-order chi connectivity index (χ0) is 18.2. The third kappa shape index (κ3) is 2.96. The quantitative estimate of drug-likeness (QED) is 0.568. The second-order valence-corrected chi connectivity index (χ2v) is 7.18. The van der Waals surface area contributed by atoms with Crippen molar-refractivity contribution >= 4 is 27.5 Å². The number of hydrogen-bond donors (Lipinski definition) is 1. The molecule has 5 rings (SSSR count). The summed E-state index contributed by atoms with van der Waals surface area (Å²) >= 11 is 1.62. The summed E-state index contributed by atoms with van der Waals surface area (Å²) in [5.41, 5.74) is 2.71. The van der Waals surface area contributed by atoms with Crippen molar-refractivity contribution in [1.82, 2.24) is 9.88 Å². The molecule has 7 heteroatoms. The summed E-state index contributed by atoms with van der Waals surface area (Å²) in [4.78, 5) is 12.8. The Labute approximate surface area is 158 Å². The number of nitrogens with zero attached hydrogens (tertiary/aromatic N) is 1. The smallest absolute Gasteiger partial charge is 0.268 e. The van der Waals surface area contributed by atoms with Gasteiger partial charge in [-0.3, -0.25) is 4.79 Å². The molecule has 0 atom stereocenters. The van der Waals surface area contributed by atoms with E-state index in [-0.39, 0.29) is 12.7 Å². The van der Waals surface area contributed by atoms with Gasteiger partial charge in [-0.2, -0.15) is 0 Å². The van der Waals surface area contributed by atoms with Crippen molar-refractivity contribution in [3.8, 4) is 11.5 Å². The lowest BCUT2D eigenvalue weighted by Crippen LogP contribution is -2.25. The Hall–Kier alpha value is -3.19. The fraction of sp³-hybridized carbons (Fsp3) is 0.150. The van der Waals surface area contributed by atoms with Crippen LogP contribution in [0.2, 0.25) is 0 Å². The number of carbonyl (C=O) groups is 1. The van der Waals surface area contributed by atoms with Gasteiger partial charge in [0.1, 0.15) is 11.5 Å². The predicted molar refractivity (Wildman–Crippen MR) is 101 cm³/mol. The number of hydrogen-bond acceptors (Lipinski definition) is 5. The van der Waals surface area contributed by atoms with Gasteiger partial charge in [-0.05, 0) is 47.3 Å². The van der Waals surface area contributed by atoms with Gasteiger partial charge in [-0.15, -0.1) is 11.3 Å². The minimum Gasteiger partial charge on any atom is -0.467 e. The number of rotatable bonds is 5. The first-order valence-corrected chi connectivity index (χ1v) is 9.42. The van der Waals surface area contributed by atoms with E-state index in [1.165, 1.54) is 0 Å². The van der Waals surface area contributed by atoms with E-state index in [0.29, 0.717) is 18.8 Å². The first-order valence-electron chi connectivity index (χ1n) is 8.54. The molecule has 0 saturated heterocycles. The first-order chi connectivity index (χ1) is 13.3. The van der Waals surface area contributed by atoms with Crippen LogP contribution in [0.15, 0.2) is 58.5 Å². The van der Waals surface area contributed by atoms with Gasteiger partial charge in [0.15, 0.2) is 11.5 Å². The second kappa shape index (κ2) is 6.51. The molecule has 136 valence electrons. The van der Waals surface area contributed by atoms with Gasteiger partial charge in [0.25, 0.3) is 5.91 Å². The predicted octanol–water partition coefficient (Wildman–Crippen LogP) is 4.00. The lowest BCUT2D eigenvalue weighted by atomic mass is 10.2. The fourth-order valence-electron chi connectivity index (χ4n) is 3.23. The van der Waals surface area contributed by atoms with Crippen LogP contribution >= 0.6 is 11.3 Å². The molecule has 1 amide bonds. The molecule has 0 fully saturated rings. The van der Waals surface area contributed by atoms with Gasteiger partial charge in [-0.25, -0.2) is 0 Å². The maximum Gasteiger partial charge on any atom is 0.268 e. The molecule has 3 aromatic heterocycles. The Morgan fingerprint density at radius 2 is 2.07 bits per heavy atom. The average Bonchev–Trinajstić information content (AvgIpc) is 3.45. The van der Waals surface area contributed by atoms with Crippen molar-refractivity contribution in [2.45, 2.75) is 13.1 Å². The van der Waals surface area contributed by atoms with E-state index in [1.807, 2.05) is 46.3 Å². The molecule has 0 radical (unpaired) electrons. The number of fused-ring (bicyclic) bond motifs is 2. The number of nitrogens with one attached hydrogen (secondary N) is 1. The van der Waals surface area contributed by atoms with Gasteiger partial charge >= 0.3 is 0 Å². The van der Waals surface area contributed by atoms with E-state index in [0.717, 1.165) is 33.0 Å². The number of thiophene rings is 1. The minimum absolute atomic E-state index is 0.129. The fourth-order valence-corrected chi connectivity index (χ4v) is 4.05. The summed E-state index contributed by atoms with van der Waals surface area (Å²) in [6.07, 6.45) is 1.60. The Bertz CT molecular complexity index is 1110. The summed E-state index contributed by atoms with van der Waals surface area (Å²) in [6.45, 7) is 1.17. The average molecular weight is 380 g/mol. The number of amides is 1. The highest BCUT2D eigenvalue weighted by atomic mass is 32.1. The molecule has 1 aliphatic rings. The van der Waals surface area contributed by atoms with E-state index < -0.39 is 0 Å². The number of furan rings is 1. The van der Waals surface area contributed by atoms with Crippen molar-refractivity contribution in [3.05, 3.63) is 71.1 Å². The van der Waals surface area contributed by atoms with Crippen LogP contribution in [0.5, 0.6) is 11.5 Å². The van der Waals surface area contributed by atoms with E-state index in [9.17, 15) is 4.79 Å². The summed E-state index contributed by atoms with van der Waals surface area (Å²) in [5, 5.41) is 4.96. The van der Waals surface area contributed by atoms with Crippen LogP contribution in [-0.4, -0.2) is 17.3 Å². The van der Waals surface area contributed by atoms with E-state index >= 15 is 0 Å². The zero-order valence-corrected chi connectivity index (χ0v) is 15.1. The zero-order valence-electron chi connectivity index (χ0n) is 14.3. The molecule has 4 aromatic rings. The number of benzene rings is 1. The topological polar surface area (TPSA) is 65.6 Å². The highest BCUT2D eigenvalue weighted by Gasteiger charge is 2.18. The molecule has 6 nitrogen and oxygen atoms in total. The molecule has 1 aliphatic heterocycles. The molecule has 0 saturated carbocycles. The lowest BCUT2D eigenvalue weighted by molar-refractivity contribution is 0.0939. The Kier molecular flexibility index (Phi) is 3.86. The normalized spacial score (nSPS) is 12.6. The van der Waals surface area contributed by atoms with Crippen LogP contribution in [0.1, 0.15) is 21.8 Å². The number of aromatic nitrogens is 1. The summed E-state index contributed by atoms with van der Waals surface area (Å²) in [6, 6.07) is 13.5. The van der Waals surface area contributed by atoms with Crippen LogP contribution < -0.4 is 14.8 Å². The van der Waals surface area contributed by atoms with E-state index in [4.69, 9.17) is 13.9 Å². The van der Waals surface area contributed by atoms with Crippen LogP contribution in [0, 0.1) is 0 Å². The van der Waals surface area contributed by atoms with Gasteiger partial charge in [0, 0.05) is 6.54 Å². The van der Waals surface area contributed by atoms with Gasteiger partial charge < -0.3 is 23.8 Å². The lowest BCUT2D eigenvalue weighted by Gasteiger charge is -2.11. The monoisotopic (exact) mass is 380 g/mol. The largest absolute Gasteiger partial charge is 0.467 e. The number of ether oxygens (including phenoxy) is 2. The van der Waals surface area contributed by atoms with Gasteiger partial charge in [0.05, 0.1) is 23.0 Å². The third-order valence-corrected chi connectivity index (χ3v) is 5.39. The second-order valence-electron chi connectivity index (χ2n) is 6.24. The first kappa shape index (κ1) is 16.0. The molecule has 27 heavy (non-hydrogen) atoms. The Balaban J connectivity index is 1.44. The molecular formula is C20H16N2O4S.